The lowest BCUT2D eigenvalue weighted by Crippen LogP contribution is -2.30. The number of ether oxygens (including phenoxy) is 1. The number of nitrogens with one attached hydrogen (secondary N) is 2. The third-order valence-electron chi connectivity index (χ3n) is 3.26. The highest BCUT2D eigenvalue weighted by Crippen LogP contribution is 2.18. The van der Waals surface area contributed by atoms with Gasteiger partial charge in [-0.2, -0.15) is 0 Å². The van der Waals surface area contributed by atoms with Crippen LogP contribution in [0.1, 0.15) is 17.3 Å². The van der Waals surface area contributed by atoms with Gasteiger partial charge in [-0.25, -0.2) is 13.6 Å². The SMILES string of the molecule is CNc1ccccc1C(=O)OC(C)C(=O)Nc1cc(F)ccc1F. The average Bonchev–Trinajstić information content (AvgIpc) is 2.57. The Morgan fingerprint density at radius 3 is 2.50 bits per heavy atom. The molecule has 2 aromatic rings. The number of rotatable bonds is 5. The molecule has 1 atom stereocenters. The number of carbonyl (C=O) groups is 2. The summed E-state index contributed by atoms with van der Waals surface area (Å²) in [6, 6.07) is 9.30. The summed E-state index contributed by atoms with van der Waals surface area (Å²) >= 11 is 0. The number of para-hydroxylation sites is 1. The lowest BCUT2D eigenvalue weighted by atomic mass is 10.2. The highest BCUT2D eigenvalue weighted by atomic mass is 19.1. The van der Waals surface area contributed by atoms with Crippen molar-refractivity contribution in [2.24, 2.45) is 0 Å². The highest BCUT2D eigenvalue weighted by molar-refractivity contribution is 5.99. The second-order valence-electron chi connectivity index (χ2n) is 4.96. The van der Waals surface area contributed by atoms with Gasteiger partial charge in [-0.05, 0) is 31.2 Å². The molecule has 0 aliphatic rings. The van der Waals surface area contributed by atoms with Crippen LogP contribution in [0.3, 0.4) is 0 Å². The highest BCUT2D eigenvalue weighted by Gasteiger charge is 2.21. The van der Waals surface area contributed by atoms with Gasteiger partial charge in [0.05, 0.1) is 11.3 Å². The zero-order valence-corrected chi connectivity index (χ0v) is 13.1. The standard InChI is InChI=1S/C17H16F2N2O3/c1-10(16(22)21-15-9-11(18)7-8-13(15)19)24-17(23)12-5-3-4-6-14(12)20-2/h3-10,20H,1-2H3,(H,21,22). The molecule has 0 heterocycles. The number of hydrogen-bond donors (Lipinski definition) is 2. The number of benzene rings is 2. The predicted octanol–water partition coefficient (Wildman–Crippen LogP) is 3.19. The summed E-state index contributed by atoms with van der Waals surface area (Å²) in [5.74, 6) is -2.96. The van der Waals surface area contributed by atoms with Crippen LogP contribution in [-0.4, -0.2) is 25.0 Å². The molecule has 0 fully saturated rings. The molecule has 0 bridgehead atoms. The van der Waals surface area contributed by atoms with Crippen LogP contribution in [0.5, 0.6) is 0 Å². The minimum atomic E-state index is -1.19. The van der Waals surface area contributed by atoms with Crippen LogP contribution in [0, 0.1) is 11.6 Å². The minimum absolute atomic E-state index is 0.261. The summed E-state index contributed by atoms with van der Waals surface area (Å²) < 4.78 is 31.7. The molecule has 5 nitrogen and oxygen atoms in total. The van der Waals surface area contributed by atoms with E-state index in [9.17, 15) is 18.4 Å². The van der Waals surface area contributed by atoms with Crippen molar-refractivity contribution in [1.29, 1.82) is 0 Å². The molecular weight excluding hydrogens is 318 g/mol. The number of hydrogen-bond acceptors (Lipinski definition) is 4. The first-order valence-electron chi connectivity index (χ1n) is 7.16. The molecule has 0 spiro atoms. The first-order chi connectivity index (χ1) is 11.4. The zero-order chi connectivity index (χ0) is 17.7. The number of anilines is 2. The van der Waals surface area contributed by atoms with Crippen LogP contribution in [0.4, 0.5) is 20.2 Å². The maximum absolute atomic E-state index is 13.5. The molecular formula is C17H16F2N2O3. The Bertz CT molecular complexity index is 765. The van der Waals surface area contributed by atoms with E-state index in [4.69, 9.17) is 4.74 Å². The minimum Gasteiger partial charge on any atom is -0.449 e. The van der Waals surface area contributed by atoms with E-state index >= 15 is 0 Å². The van der Waals surface area contributed by atoms with E-state index in [1.807, 2.05) is 0 Å². The average molecular weight is 334 g/mol. The van der Waals surface area contributed by atoms with Crippen molar-refractivity contribution >= 4 is 23.3 Å². The Labute approximate surface area is 137 Å². The van der Waals surface area contributed by atoms with E-state index in [1.165, 1.54) is 6.92 Å². The van der Waals surface area contributed by atoms with E-state index in [2.05, 4.69) is 10.6 Å². The molecule has 0 saturated carbocycles. The Balaban J connectivity index is 2.06. The van der Waals surface area contributed by atoms with E-state index in [0.717, 1.165) is 18.2 Å². The third kappa shape index (κ3) is 4.07. The molecule has 2 aromatic carbocycles. The van der Waals surface area contributed by atoms with Crippen LogP contribution in [0.2, 0.25) is 0 Å². The molecule has 0 aromatic heterocycles. The van der Waals surface area contributed by atoms with E-state index < -0.39 is 29.6 Å². The molecule has 1 unspecified atom stereocenters. The van der Waals surface area contributed by atoms with Crippen molar-refractivity contribution in [2.45, 2.75) is 13.0 Å². The van der Waals surface area contributed by atoms with Gasteiger partial charge < -0.3 is 15.4 Å². The molecule has 126 valence electrons. The van der Waals surface area contributed by atoms with Crippen molar-refractivity contribution in [3.8, 4) is 0 Å². The summed E-state index contributed by atoms with van der Waals surface area (Å²) in [4.78, 5) is 24.1. The third-order valence-corrected chi connectivity index (χ3v) is 3.26. The van der Waals surface area contributed by atoms with Crippen molar-refractivity contribution in [3.05, 3.63) is 59.7 Å². The molecule has 24 heavy (non-hydrogen) atoms. The quantitative estimate of drug-likeness (QED) is 0.824. The molecule has 0 aliphatic carbocycles. The van der Waals surface area contributed by atoms with Gasteiger partial charge >= 0.3 is 5.97 Å². The topological polar surface area (TPSA) is 67.4 Å². The largest absolute Gasteiger partial charge is 0.449 e. The van der Waals surface area contributed by atoms with Crippen molar-refractivity contribution in [2.75, 3.05) is 17.7 Å². The van der Waals surface area contributed by atoms with Gasteiger partial charge in [0.2, 0.25) is 0 Å². The van der Waals surface area contributed by atoms with Crippen LogP contribution < -0.4 is 10.6 Å². The lowest BCUT2D eigenvalue weighted by molar-refractivity contribution is -0.123. The first-order valence-corrected chi connectivity index (χ1v) is 7.16. The van der Waals surface area contributed by atoms with Crippen molar-refractivity contribution in [3.63, 3.8) is 0 Å². The Morgan fingerprint density at radius 1 is 1.08 bits per heavy atom. The van der Waals surface area contributed by atoms with Gasteiger partial charge in [-0.3, -0.25) is 4.79 Å². The van der Waals surface area contributed by atoms with Crippen LogP contribution in [0.25, 0.3) is 0 Å². The fourth-order valence-corrected chi connectivity index (χ4v) is 1.98. The number of esters is 1. The van der Waals surface area contributed by atoms with E-state index in [-0.39, 0.29) is 11.3 Å². The summed E-state index contributed by atoms with van der Waals surface area (Å²) in [5, 5.41) is 5.03. The Kier molecular flexibility index (Phi) is 5.47. The zero-order valence-electron chi connectivity index (χ0n) is 13.1. The van der Waals surface area contributed by atoms with Crippen LogP contribution in [0.15, 0.2) is 42.5 Å². The maximum atomic E-state index is 13.5. The van der Waals surface area contributed by atoms with Gasteiger partial charge in [0, 0.05) is 18.8 Å². The maximum Gasteiger partial charge on any atom is 0.341 e. The number of amides is 1. The summed E-state index contributed by atoms with van der Waals surface area (Å²) in [5.41, 5.74) is 0.487. The molecule has 0 saturated heterocycles. The first kappa shape index (κ1) is 17.4. The molecule has 1 amide bonds. The van der Waals surface area contributed by atoms with E-state index in [1.54, 1.807) is 31.3 Å². The van der Waals surface area contributed by atoms with E-state index in [0.29, 0.717) is 5.69 Å². The Hall–Kier alpha value is -2.96. The Morgan fingerprint density at radius 2 is 1.79 bits per heavy atom. The van der Waals surface area contributed by atoms with Gasteiger partial charge in [0.1, 0.15) is 11.6 Å². The predicted molar refractivity (Wildman–Crippen MR) is 85.9 cm³/mol. The van der Waals surface area contributed by atoms with Gasteiger partial charge in [0.15, 0.2) is 6.10 Å². The summed E-state index contributed by atoms with van der Waals surface area (Å²) in [7, 11) is 1.65. The second kappa shape index (κ2) is 7.54. The number of halogens is 2. The van der Waals surface area contributed by atoms with Crippen LogP contribution >= 0.6 is 0 Å². The van der Waals surface area contributed by atoms with Crippen LogP contribution in [-0.2, 0) is 9.53 Å². The molecule has 2 N–H and O–H groups in total. The van der Waals surface area contributed by atoms with Crippen molar-refractivity contribution < 1.29 is 23.1 Å². The monoisotopic (exact) mass is 334 g/mol. The van der Waals surface area contributed by atoms with Gasteiger partial charge in [-0.1, -0.05) is 12.1 Å². The summed E-state index contributed by atoms with van der Waals surface area (Å²) in [6.45, 7) is 1.34. The summed E-state index contributed by atoms with van der Waals surface area (Å²) in [6.07, 6.45) is -1.19. The van der Waals surface area contributed by atoms with Crippen molar-refractivity contribution in [1.82, 2.24) is 0 Å². The lowest BCUT2D eigenvalue weighted by Gasteiger charge is -2.15. The molecule has 2 rings (SSSR count). The molecule has 7 heteroatoms. The molecule has 0 radical (unpaired) electrons. The fraction of sp³-hybridized carbons (Fsp3) is 0.176. The van der Waals surface area contributed by atoms with Gasteiger partial charge in [-0.15, -0.1) is 0 Å². The normalized spacial score (nSPS) is 11.5. The van der Waals surface area contributed by atoms with Gasteiger partial charge in [0.25, 0.3) is 5.91 Å². The molecule has 0 aliphatic heterocycles. The smallest absolute Gasteiger partial charge is 0.341 e. The fourth-order valence-electron chi connectivity index (χ4n) is 1.98. The second-order valence-corrected chi connectivity index (χ2v) is 4.96. The number of carbonyl (C=O) groups excluding carboxylic acids is 2.